The molecule has 0 saturated heterocycles. The van der Waals surface area contributed by atoms with Crippen molar-refractivity contribution in [3.8, 4) is 11.5 Å². The van der Waals surface area contributed by atoms with Gasteiger partial charge in [-0.1, -0.05) is 23.7 Å². The van der Waals surface area contributed by atoms with E-state index in [1.165, 1.54) is 6.07 Å². The number of rotatable bonds is 5. The molecule has 2 aromatic carbocycles. The highest BCUT2D eigenvalue weighted by molar-refractivity contribution is 6.59. The smallest absolute Gasteiger partial charge is 0.488 e. The highest BCUT2D eigenvalue weighted by Crippen LogP contribution is 2.18. The summed E-state index contributed by atoms with van der Waals surface area (Å²) in [4.78, 5) is 0. The van der Waals surface area contributed by atoms with Crippen LogP contribution in [0.4, 0.5) is 0 Å². The lowest BCUT2D eigenvalue weighted by Gasteiger charge is -2.09. The summed E-state index contributed by atoms with van der Waals surface area (Å²) >= 11 is 5.90. The van der Waals surface area contributed by atoms with Crippen molar-refractivity contribution in [3.05, 3.63) is 53.1 Å². The lowest BCUT2D eigenvalue weighted by molar-refractivity contribution is 0.306. The van der Waals surface area contributed by atoms with Crippen molar-refractivity contribution in [1.82, 2.24) is 0 Å². The van der Waals surface area contributed by atoms with Crippen molar-refractivity contribution in [1.29, 1.82) is 0 Å². The topological polar surface area (TPSA) is 58.9 Å². The first-order valence-corrected chi connectivity index (χ1v) is 6.38. The maximum atomic E-state index is 9.14. The van der Waals surface area contributed by atoms with E-state index in [-0.39, 0.29) is 0 Å². The predicted octanol–water partition coefficient (Wildman–Crippen LogP) is 1.61. The summed E-state index contributed by atoms with van der Waals surface area (Å²) in [5.41, 5.74) is 1.26. The molecule has 0 atom stereocenters. The van der Waals surface area contributed by atoms with E-state index in [0.29, 0.717) is 22.8 Å². The normalized spacial score (nSPS) is 10.2. The van der Waals surface area contributed by atoms with Crippen LogP contribution in [0.3, 0.4) is 0 Å². The summed E-state index contributed by atoms with van der Waals surface area (Å²) in [6, 6.07) is 12.1. The third-order valence-electron chi connectivity index (χ3n) is 2.76. The van der Waals surface area contributed by atoms with Gasteiger partial charge in [0.15, 0.2) is 0 Å². The molecule has 2 rings (SSSR count). The Morgan fingerprint density at radius 3 is 2.35 bits per heavy atom. The lowest BCUT2D eigenvalue weighted by Crippen LogP contribution is -2.29. The van der Waals surface area contributed by atoms with Crippen molar-refractivity contribution in [2.75, 3.05) is 7.11 Å². The highest BCUT2D eigenvalue weighted by atomic mass is 35.5. The molecule has 104 valence electrons. The van der Waals surface area contributed by atoms with Gasteiger partial charge in [0, 0.05) is 5.02 Å². The molecule has 6 heteroatoms. The van der Waals surface area contributed by atoms with E-state index in [1.54, 1.807) is 19.2 Å². The minimum Gasteiger partial charge on any atom is -0.497 e. The zero-order chi connectivity index (χ0) is 14.5. The van der Waals surface area contributed by atoms with Gasteiger partial charge in [0.1, 0.15) is 18.1 Å². The molecule has 0 aliphatic rings. The first kappa shape index (κ1) is 14.7. The van der Waals surface area contributed by atoms with Gasteiger partial charge in [-0.15, -0.1) is 0 Å². The second-order valence-electron chi connectivity index (χ2n) is 4.23. The van der Waals surface area contributed by atoms with Gasteiger partial charge in [-0.05, 0) is 41.4 Å². The molecule has 2 N–H and O–H groups in total. The third kappa shape index (κ3) is 3.90. The van der Waals surface area contributed by atoms with E-state index < -0.39 is 7.12 Å². The molecule has 2 aromatic rings. The third-order valence-corrected chi connectivity index (χ3v) is 2.97. The van der Waals surface area contributed by atoms with Gasteiger partial charge >= 0.3 is 7.12 Å². The zero-order valence-corrected chi connectivity index (χ0v) is 11.7. The fourth-order valence-electron chi connectivity index (χ4n) is 1.71. The molecule has 0 saturated carbocycles. The molecule has 0 fully saturated rings. The standard InChI is InChI=1S/C14H14BClO4/c1-19-13-4-2-10(3-5-13)9-20-14-7-11(15(17)18)6-12(16)8-14/h2-8,17-18H,9H2,1H3. The van der Waals surface area contributed by atoms with E-state index in [1.807, 2.05) is 24.3 Å². The lowest BCUT2D eigenvalue weighted by atomic mass is 9.80. The van der Waals surface area contributed by atoms with Crippen molar-refractivity contribution < 1.29 is 19.5 Å². The Hall–Kier alpha value is -1.69. The van der Waals surface area contributed by atoms with Gasteiger partial charge in [-0.2, -0.15) is 0 Å². The molecule has 0 aliphatic carbocycles. The van der Waals surface area contributed by atoms with Gasteiger partial charge in [0.05, 0.1) is 7.11 Å². The van der Waals surface area contributed by atoms with E-state index >= 15 is 0 Å². The largest absolute Gasteiger partial charge is 0.497 e. The Morgan fingerprint density at radius 1 is 1.05 bits per heavy atom. The van der Waals surface area contributed by atoms with E-state index in [4.69, 9.17) is 31.1 Å². The van der Waals surface area contributed by atoms with Crippen LogP contribution in [-0.2, 0) is 6.61 Å². The van der Waals surface area contributed by atoms with Crippen LogP contribution in [0.25, 0.3) is 0 Å². The predicted molar refractivity (Wildman–Crippen MR) is 78.6 cm³/mol. The first-order chi connectivity index (χ1) is 9.58. The second-order valence-corrected chi connectivity index (χ2v) is 4.67. The second kappa shape index (κ2) is 6.66. The Bertz CT molecular complexity index is 572. The molecule has 0 radical (unpaired) electrons. The van der Waals surface area contributed by atoms with Gasteiger partial charge < -0.3 is 19.5 Å². The van der Waals surface area contributed by atoms with Gasteiger partial charge in [0.25, 0.3) is 0 Å². The number of ether oxygens (including phenoxy) is 2. The minimum atomic E-state index is -1.57. The Morgan fingerprint density at radius 2 is 1.75 bits per heavy atom. The number of methoxy groups -OCH3 is 1. The van der Waals surface area contributed by atoms with Crippen molar-refractivity contribution in [2.24, 2.45) is 0 Å². The Labute approximate surface area is 122 Å². The Kier molecular flexibility index (Phi) is 4.90. The van der Waals surface area contributed by atoms with Gasteiger partial charge in [-0.3, -0.25) is 0 Å². The molecule has 0 heterocycles. The molecule has 0 unspecified atom stereocenters. The average Bonchev–Trinajstić information content (AvgIpc) is 2.45. The molecule has 20 heavy (non-hydrogen) atoms. The van der Waals surface area contributed by atoms with Gasteiger partial charge in [-0.25, -0.2) is 0 Å². The Balaban J connectivity index is 2.06. The van der Waals surface area contributed by atoms with Crippen LogP contribution in [0, 0.1) is 0 Å². The monoisotopic (exact) mass is 292 g/mol. The average molecular weight is 293 g/mol. The van der Waals surface area contributed by atoms with Crippen molar-refractivity contribution in [2.45, 2.75) is 6.61 Å². The molecule has 0 amide bonds. The summed E-state index contributed by atoms with van der Waals surface area (Å²) in [6.07, 6.45) is 0. The maximum absolute atomic E-state index is 9.14. The van der Waals surface area contributed by atoms with Gasteiger partial charge in [0.2, 0.25) is 0 Å². The van der Waals surface area contributed by atoms with Crippen LogP contribution in [0.2, 0.25) is 5.02 Å². The van der Waals surface area contributed by atoms with Crippen LogP contribution in [0.5, 0.6) is 11.5 Å². The van der Waals surface area contributed by atoms with Crippen LogP contribution < -0.4 is 14.9 Å². The molecule has 0 spiro atoms. The van der Waals surface area contributed by atoms with E-state index in [9.17, 15) is 0 Å². The number of benzene rings is 2. The highest BCUT2D eigenvalue weighted by Gasteiger charge is 2.13. The maximum Gasteiger partial charge on any atom is 0.488 e. The fraction of sp³-hybridized carbons (Fsp3) is 0.143. The van der Waals surface area contributed by atoms with Crippen molar-refractivity contribution >= 4 is 24.2 Å². The molecule has 4 nitrogen and oxygen atoms in total. The molecular formula is C14H14BClO4. The van der Waals surface area contributed by atoms with E-state index in [0.717, 1.165) is 11.3 Å². The van der Waals surface area contributed by atoms with Crippen LogP contribution in [0.15, 0.2) is 42.5 Å². The fourth-order valence-corrected chi connectivity index (χ4v) is 1.94. The van der Waals surface area contributed by atoms with Crippen LogP contribution in [-0.4, -0.2) is 24.3 Å². The first-order valence-electron chi connectivity index (χ1n) is 6.01. The quantitative estimate of drug-likeness (QED) is 0.822. The number of halogens is 1. The SMILES string of the molecule is COc1ccc(COc2cc(Cl)cc(B(O)O)c2)cc1. The van der Waals surface area contributed by atoms with E-state index in [2.05, 4.69) is 0 Å². The van der Waals surface area contributed by atoms with Crippen LogP contribution in [0.1, 0.15) is 5.56 Å². The zero-order valence-electron chi connectivity index (χ0n) is 10.9. The van der Waals surface area contributed by atoms with Crippen molar-refractivity contribution in [3.63, 3.8) is 0 Å². The molecule has 0 bridgehead atoms. The minimum absolute atomic E-state index is 0.294. The molecule has 0 aliphatic heterocycles. The number of hydrogen-bond acceptors (Lipinski definition) is 4. The molecular weight excluding hydrogens is 278 g/mol. The molecule has 0 aromatic heterocycles. The summed E-state index contributed by atoms with van der Waals surface area (Å²) in [5.74, 6) is 1.26. The summed E-state index contributed by atoms with van der Waals surface area (Å²) in [7, 11) is 0.0381. The van der Waals surface area contributed by atoms with Crippen LogP contribution >= 0.6 is 11.6 Å². The summed E-state index contributed by atoms with van der Waals surface area (Å²) in [5, 5.41) is 18.7. The summed E-state index contributed by atoms with van der Waals surface area (Å²) in [6.45, 7) is 0.352. The number of hydrogen-bond donors (Lipinski definition) is 2. The summed E-state index contributed by atoms with van der Waals surface area (Å²) < 4.78 is 10.7.